The number of carbonyl (C=O) groups is 1. The van der Waals surface area contributed by atoms with Crippen molar-refractivity contribution >= 4 is 49.7 Å². The molecular formula is C25H27Cl2N3O6S. The Morgan fingerprint density at radius 2 is 1.86 bits per heavy atom. The first-order valence-corrected chi connectivity index (χ1v) is 14.3. The minimum atomic E-state index is -3.65. The molecule has 1 atom stereocenters. The smallest absolute Gasteiger partial charge is 0.255 e. The quantitative estimate of drug-likeness (QED) is 0.381. The summed E-state index contributed by atoms with van der Waals surface area (Å²) in [6.07, 6.45) is 2.64. The van der Waals surface area contributed by atoms with E-state index in [1.807, 2.05) is 0 Å². The molecule has 0 bridgehead atoms. The normalized spacial score (nSPS) is 16.0. The van der Waals surface area contributed by atoms with Crippen LogP contribution in [0.25, 0.3) is 10.8 Å². The number of halogens is 2. The second kappa shape index (κ2) is 11.4. The summed E-state index contributed by atoms with van der Waals surface area (Å²) in [5.74, 6) is -0.213. The first-order valence-electron chi connectivity index (χ1n) is 11.7. The zero-order valence-corrected chi connectivity index (χ0v) is 22.4. The molecule has 0 spiro atoms. The summed E-state index contributed by atoms with van der Waals surface area (Å²) in [6.45, 7) is 1.63. The second-order valence-electron chi connectivity index (χ2n) is 9.02. The molecule has 9 nitrogen and oxygen atoms in total. The van der Waals surface area contributed by atoms with E-state index in [2.05, 4.69) is 15.2 Å². The number of β-amino-alcohol motifs (C(OH)–C–C–N with tert-alkyl or cyclic N) is 1. The van der Waals surface area contributed by atoms with Crippen LogP contribution in [0.2, 0.25) is 10.0 Å². The number of ether oxygens (including phenoxy) is 1. The third-order valence-corrected chi connectivity index (χ3v) is 8.30. The summed E-state index contributed by atoms with van der Waals surface area (Å²) in [7, 11) is -3.65. The topological polar surface area (TPSA) is 129 Å². The Morgan fingerprint density at radius 1 is 1.19 bits per heavy atom. The third kappa shape index (κ3) is 6.45. The van der Waals surface area contributed by atoms with Gasteiger partial charge in [0.25, 0.3) is 11.5 Å². The number of rotatable bonds is 8. The highest BCUT2D eigenvalue weighted by Gasteiger charge is 2.27. The molecule has 1 aliphatic rings. The predicted molar refractivity (Wildman–Crippen MR) is 143 cm³/mol. The highest BCUT2D eigenvalue weighted by Crippen LogP contribution is 2.37. The number of H-pyrrole nitrogens is 1. The molecule has 3 N–H and O–H groups in total. The molecule has 1 aliphatic heterocycles. The van der Waals surface area contributed by atoms with Crippen LogP contribution >= 0.6 is 23.2 Å². The average molecular weight is 568 g/mol. The Bertz CT molecular complexity index is 1470. The van der Waals surface area contributed by atoms with Gasteiger partial charge in [0, 0.05) is 49.4 Å². The number of sulfone groups is 1. The van der Waals surface area contributed by atoms with E-state index in [1.54, 1.807) is 24.3 Å². The van der Waals surface area contributed by atoms with Gasteiger partial charge in [-0.3, -0.25) is 9.59 Å². The van der Waals surface area contributed by atoms with Crippen LogP contribution in [-0.4, -0.2) is 74.0 Å². The van der Waals surface area contributed by atoms with Crippen molar-refractivity contribution in [3.8, 4) is 5.75 Å². The van der Waals surface area contributed by atoms with E-state index >= 15 is 0 Å². The van der Waals surface area contributed by atoms with Gasteiger partial charge in [0.1, 0.15) is 16.7 Å². The van der Waals surface area contributed by atoms with E-state index in [4.69, 9.17) is 27.9 Å². The van der Waals surface area contributed by atoms with Crippen molar-refractivity contribution in [1.29, 1.82) is 0 Å². The van der Waals surface area contributed by atoms with E-state index in [0.717, 1.165) is 6.26 Å². The molecule has 0 aliphatic carbocycles. The molecule has 0 radical (unpaired) electrons. The van der Waals surface area contributed by atoms with Crippen LogP contribution in [0.5, 0.6) is 5.75 Å². The number of fused-ring (bicyclic) bond motifs is 1. The van der Waals surface area contributed by atoms with Crippen LogP contribution in [0.15, 0.2) is 52.3 Å². The number of aromatic amines is 1. The van der Waals surface area contributed by atoms with Crippen LogP contribution in [-0.2, 0) is 9.84 Å². The average Bonchev–Trinajstić information content (AvgIpc) is 2.85. The van der Waals surface area contributed by atoms with Gasteiger partial charge < -0.3 is 25.0 Å². The number of carbonyl (C=O) groups excluding carboxylic acids is 1. The molecule has 0 saturated carbocycles. The number of amides is 1. The van der Waals surface area contributed by atoms with Gasteiger partial charge in [-0.05, 0) is 31.0 Å². The lowest BCUT2D eigenvalue weighted by atomic mass is 10.1. The van der Waals surface area contributed by atoms with Crippen LogP contribution < -0.4 is 15.6 Å². The number of hydrogen-bond acceptors (Lipinski definition) is 7. The van der Waals surface area contributed by atoms with Crippen molar-refractivity contribution < 1.29 is 23.1 Å². The maximum Gasteiger partial charge on any atom is 0.255 e. The summed E-state index contributed by atoms with van der Waals surface area (Å²) in [5.41, 5.74) is 0.0578. The molecule has 37 heavy (non-hydrogen) atoms. The lowest BCUT2D eigenvalue weighted by molar-refractivity contribution is 0.0585. The van der Waals surface area contributed by atoms with E-state index < -0.39 is 15.9 Å². The molecule has 3 aromatic rings. The van der Waals surface area contributed by atoms with Crippen molar-refractivity contribution in [3.63, 3.8) is 0 Å². The maximum absolute atomic E-state index is 12.7. The van der Waals surface area contributed by atoms with Crippen LogP contribution in [0.4, 0.5) is 0 Å². The number of pyridine rings is 1. The lowest BCUT2D eigenvalue weighted by Gasteiger charge is -2.33. The largest absolute Gasteiger partial charge is 0.489 e. The second-order valence-corrected chi connectivity index (χ2v) is 11.8. The lowest BCUT2D eigenvalue weighted by Crippen LogP contribution is -2.45. The Balaban J connectivity index is 1.29. The molecule has 198 valence electrons. The zero-order chi connectivity index (χ0) is 26.7. The Kier molecular flexibility index (Phi) is 8.45. The molecule has 2 heterocycles. The minimum Gasteiger partial charge on any atom is -0.489 e. The van der Waals surface area contributed by atoms with Gasteiger partial charge in [0.05, 0.1) is 21.7 Å². The van der Waals surface area contributed by atoms with E-state index in [9.17, 15) is 23.1 Å². The number of nitrogens with zero attached hydrogens (tertiary/aromatic N) is 1. The fraction of sp³-hybridized carbons (Fsp3) is 0.360. The van der Waals surface area contributed by atoms with E-state index in [0.29, 0.717) is 48.8 Å². The first kappa shape index (κ1) is 27.4. The van der Waals surface area contributed by atoms with Gasteiger partial charge in [-0.2, -0.15) is 0 Å². The van der Waals surface area contributed by atoms with Gasteiger partial charge in [0.15, 0.2) is 9.84 Å². The third-order valence-electron chi connectivity index (χ3n) is 6.23. The summed E-state index contributed by atoms with van der Waals surface area (Å²) in [4.78, 5) is 29.2. The summed E-state index contributed by atoms with van der Waals surface area (Å²) < 4.78 is 30.4. The van der Waals surface area contributed by atoms with Gasteiger partial charge in [0.2, 0.25) is 0 Å². The molecule has 1 saturated heterocycles. The maximum atomic E-state index is 12.7. The number of piperidine rings is 1. The number of likely N-dealkylation sites (tertiary alicyclic amines) is 1. The Morgan fingerprint density at radius 3 is 2.54 bits per heavy atom. The van der Waals surface area contributed by atoms with Crippen molar-refractivity contribution in [2.45, 2.75) is 29.9 Å². The summed E-state index contributed by atoms with van der Waals surface area (Å²) in [6, 6.07) is 9.85. The van der Waals surface area contributed by atoms with E-state index in [1.165, 1.54) is 18.3 Å². The molecule has 1 amide bonds. The molecular weight excluding hydrogens is 541 g/mol. The van der Waals surface area contributed by atoms with Gasteiger partial charge in [-0.25, -0.2) is 8.42 Å². The van der Waals surface area contributed by atoms with Crippen molar-refractivity contribution in [3.05, 3.63) is 68.6 Å². The van der Waals surface area contributed by atoms with Crippen molar-refractivity contribution in [1.82, 2.24) is 15.2 Å². The van der Waals surface area contributed by atoms with Crippen LogP contribution in [0, 0.1) is 0 Å². The van der Waals surface area contributed by atoms with Gasteiger partial charge >= 0.3 is 0 Å². The number of aromatic nitrogens is 1. The molecule has 4 rings (SSSR count). The highest BCUT2D eigenvalue weighted by atomic mass is 35.5. The molecule has 2 aromatic carbocycles. The van der Waals surface area contributed by atoms with Crippen LogP contribution in [0.3, 0.4) is 0 Å². The van der Waals surface area contributed by atoms with Crippen LogP contribution in [0.1, 0.15) is 23.2 Å². The fourth-order valence-corrected chi connectivity index (χ4v) is 6.11. The molecule has 1 fully saturated rings. The van der Waals surface area contributed by atoms with E-state index in [-0.39, 0.29) is 44.8 Å². The molecule has 1 aromatic heterocycles. The van der Waals surface area contributed by atoms with Gasteiger partial charge in [-0.15, -0.1) is 0 Å². The number of benzene rings is 2. The number of aliphatic hydroxyl groups is 1. The standard InChI is InChI=1S/C25H27Cl2N3O6S/c1-37(34,35)23-21(7-6-20(26)22(23)27)36-16-8-10-30(11-9-16)14-15(31)12-28-25(33)19-13-29-24(32)18-5-3-2-4-17(18)19/h2-7,13,15-16,31H,8-12,14H2,1H3,(H,28,33)(H,29,32)/t15-/m1/s1. The van der Waals surface area contributed by atoms with Crippen molar-refractivity contribution in [2.75, 3.05) is 32.4 Å². The first-order chi connectivity index (χ1) is 17.5. The number of aliphatic hydroxyl groups excluding tert-OH is 1. The zero-order valence-electron chi connectivity index (χ0n) is 20.0. The minimum absolute atomic E-state index is 0.0453. The predicted octanol–water partition coefficient (Wildman–Crippen LogP) is 2.87. The Labute approximate surface area is 224 Å². The number of hydrogen-bond donors (Lipinski definition) is 3. The highest BCUT2D eigenvalue weighted by molar-refractivity contribution is 7.91. The Hall–Kier alpha value is -2.63. The summed E-state index contributed by atoms with van der Waals surface area (Å²) in [5, 5.41) is 14.3. The molecule has 12 heteroatoms. The SMILES string of the molecule is CS(=O)(=O)c1c(OC2CCN(C[C@H](O)CNC(=O)c3c[nH]c(=O)c4ccccc34)CC2)ccc(Cl)c1Cl. The number of nitrogens with one attached hydrogen (secondary N) is 2. The van der Waals surface area contributed by atoms with Crippen molar-refractivity contribution in [2.24, 2.45) is 0 Å². The molecule has 0 unspecified atom stereocenters. The monoisotopic (exact) mass is 567 g/mol. The fourth-order valence-electron chi connectivity index (χ4n) is 4.41. The summed E-state index contributed by atoms with van der Waals surface area (Å²) >= 11 is 12.1. The van der Waals surface area contributed by atoms with Gasteiger partial charge in [-0.1, -0.05) is 41.4 Å².